The van der Waals surface area contributed by atoms with Crippen molar-refractivity contribution >= 4 is 5.97 Å². The van der Waals surface area contributed by atoms with Gasteiger partial charge in [-0.3, -0.25) is 4.79 Å². The number of aliphatic carboxylic acids is 1. The van der Waals surface area contributed by atoms with Crippen LogP contribution in [0.25, 0.3) is 0 Å². The molecule has 1 aliphatic carbocycles. The van der Waals surface area contributed by atoms with Crippen LogP contribution in [-0.2, 0) is 4.79 Å². The number of carboxylic acid groups (broad SMARTS) is 1. The number of hydrogen-bond acceptors (Lipinski definition) is 1. The molecule has 0 radical (unpaired) electrons. The molecule has 1 aliphatic rings. The Balaban J connectivity index is 2.61. The van der Waals surface area contributed by atoms with E-state index in [4.69, 9.17) is 5.11 Å². The van der Waals surface area contributed by atoms with Crippen LogP contribution >= 0.6 is 0 Å². The third-order valence-electron chi connectivity index (χ3n) is 3.43. The molecule has 1 unspecified atom stereocenters. The van der Waals surface area contributed by atoms with Crippen molar-refractivity contribution in [2.24, 2.45) is 11.8 Å². The molecule has 0 bridgehead atoms. The number of rotatable bonds is 2. The number of carboxylic acids is 1. The molecule has 0 aromatic rings. The van der Waals surface area contributed by atoms with Gasteiger partial charge in [0.25, 0.3) is 0 Å². The Hall–Kier alpha value is -0.810. The fraction of sp³-hybridized carbons (Fsp3) is 0.900. The van der Waals surface area contributed by atoms with E-state index in [1.165, 1.54) is 6.92 Å². The van der Waals surface area contributed by atoms with Gasteiger partial charge in [-0.2, -0.15) is 13.2 Å². The molecule has 1 rings (SSSR count). The molecular weight excluding hydrogens is 228 g/mol. The van der Waals surface area contributed by atoms with Crippen LogP contribution in [0.3, 0.4) is 0 Å². The Kier molecular flexibility index (Phi) is 3.50. The van der Waals surface area contributed by atoms with Crippen molar-refractivity contribution < 1.29 is 27.5 Å². The van der Waals surface area contributed by atoms with Crippen LogP contribution in [0.5, 0.6) is 0 Å². The molecule has 1 atom stereocenters. The maximum Gasteiger partial charge on any atom is 0.422 e. The molecule has 0 aromatic carbocycles. The highest BCUT2D eigenvalue weighted by Gasteiger charge is 2.57. The predicted octanol–water partition coefficient (Wildman–Crippen LogP) is 3.17. The van der Waals surface area contributed by atoms with E-state index in [0.717, 1.165) is 0 Å². The average Bonchev–Trinajstić information content (AvgIpc) is 2.16. The third kappa shape index (κ3) is 2.47. The van der Waals surface area contributed by atoms with Crippen LogP contribution in [-0.4, -0.2) is 22.9 Å². The van der Waals surface area contributed by atoms with Crippen LogP contribution < -0.4 is 0 Å². The molecule has 1 saturated carbocycles. The van der Waals surface area contributed by atoms with Gasteiger partial charge in [-0.1, -0.05) is 6.92 Å². The first-order chi connectivity index (χ1) is 7.17. The van der Waals surface area contributed by atoms with Crippen LogP contribution in [0.15, 0.2) is 0 Å². The van der Waals surface area contributed by atoms with Gasteiger partial charge < -0.3 is 5.11 Å². The largest absolute Gasteiger partial charge is 0.481 e. The minimum absolute atomic E-state index is 0.0243. The summed E-state index contributed by atoms with van der Waals surface area (Å²) < 4.78 is 50.4. The smallest absolute Gasteiger partial charge is 0.422 e. The fourth-order valence-electron chi connectivity index (χ4n) is 2.08. The summed E-state index contributed by atoms with van der Waals surface area (Å²) in [5.41, 5.74) is -3.12. The SMILES string of the molecule is CC(C(=O)O)C1CCC(F)(C(F)(F)F)CC1. The van der Waals surface area contributed by atoms with Crippen molar-refractivity contribution in [1.82, 2.24) is 0 Å². The normalized spacial score (nSPS) is 33.4. The van der Waals surface area contributed by atoms with Gasteiger partial charge in [-0.25, -0.2) is 4.39 Å². The summed E-state index contributed by atoms with van der Waals surface area (Å²) in [4.78, 5) is 10.6. The lowest BCUT2D eigenvalue weighted by atomic mass is 9.74. The minimum Gasteiger partial charge on any atom is -0.481 e. The molecule has 0 heterocycles. The summed E-state index contributed by atoms with van der Waals surface area (Å²) in [6.45, 7) is 1.45. The van der Waals surface area contributed by atoms with E-state index in [2.05, 4.69) is 0 Å². The van der Waals surface area contributed by atoms with Crippen LogP contribution in [0.2, 0.25) is 0 Å². The highest BCUT2D eigenvalue weighted by atomic mass is 19.4. The average molecular weight is 242 g/mol. The molecular formula is C10H14F4O2. The molecule has 0 spiro atoms. The van der Waals surface area contributed by atoms with E-state index in [1.54, 1.807) is 0 Å². The summed E-state index contributed by atoms with van der Waals surface area (Å²) in [6, 6.07) is 0. The van der Waals surface area contributed by atoms with Crippen molar-refractivity contribution in [1.29, 1.82) is 0 Å². The second-order valence-electron chi connectivity index (χ2n) is 4.43. The second-order valence-corrected chi connectivity index (χ2v) is 4.43. The van der Waals surface area contributed by atoms with Gasteiger partial charge in [0.2, 0.25) is 5.67 Å². The predicted molar refractivity (Wildman–Crippen MR) is 48.7 cm³/mol. The Morgan fingerprint density at radius 2 is 1.81 bits per heavy atom. The Labute approximate surface area is 90.6 Å². The summed E-state index contributed by atoms with van der Waals surface area (Å²) in [6.07, 6.45) is -6.14. The van der Waals surface area contributed by atoms with Gasteiger partial charge in [0.05, 0.1) is 5.92 Å². The summed E-state index contributed by atoms with van der Waals surface area (Å²) in [5.74, 6) is -2.11. The van der Waals surface area contributed by atoms with Gasteiger partial charge >= 0.3 is 12.1 Å². The molecule has 2 nitrogen and oxygen atoms in total. The highest BCUT2D eigenvalue weighted by Crippen LogP contribution is 2.47. The molecule has 16 heavy (non-hydrogen) atoms. The van der Waals surface area contributed by atoms with E-state index < -0.39 is 36.6 Å². The van der Waals surface area contributed by atoms with Crippen molar-refractivity contribution in [3.8, 4) is 0 Å². The summed E-state index contributed by atoms with van der Waals surface area (Å²) >= 11 is 0. The van der Waals surface area contributed by atoms with E-state index >= 15 is 0 Å². The number of hydrogen-bond donors (Lipinski definition) is 1. The number of alkyl halides is 4. The Morgan fingerprint density at radius 3 is 2.12 bits per heavy atom. The molecule has 0 saturated heterocycles. The first-order valence-electron chi connectivity index (χ1n) is 5.16. The van der Waals surface area contributed by atoms with Crippen molar-refractivity contribution in [2.75, 3.05) is 0 Å². The first kappa shape index (κ1) is 13.3. The van der Waals surface area contributed by atoms with Gasteiger partial charge in [-0.15, -0.1) is 0 Å². The van der Waals surface area contributed by atoms with Gasteiger partial charge in [0, 0.05) is 0 Å². The molecule has 1 fully saturated rings. The maximum atomic E-state index is 13.4. The Bertz CT molecular complexity index is 266. The van der Waals surface area contributed by atoms with Gasteiger partial charge in [0.1, 0.15) is 0 Å². The molecule has 0 amide bonds. The number of carbonyl (C=O) groups is 1. The number of halogens is 4. The Morgan fingerprint density at radius 1 is 1.38 bits per heavy atom. The zero-order valence-corrected chi connectivity index (χ0v) is 8.85. The standard InChI is InChI=1S/C10H14F4O2/c1-6(8(15)16)7-2-4-9(11,5-3-7)10(12,13)14/h6-7H,2-5H2,1H3,(H,15,16). The quantitative estimate of drug-likeness (QED) is 0.755. The van der Waals surface area contributed by atoms with E-state index in [9.17, 15) is 22.4 Å². The fourth-order valence-corrected chi connectivity index (χ4v) is 2.08. The molecule has 6 heteroatoms. The van der Waals surface area contributed by atoms with E-state index in [-0.39, 0.29) is 18.8 Å². The second kappa shape index (κ2) is 4.22. The molecule has 1 N–H and O–H groups in total. The van der Waals surface area contributed by atoms with Crippen LogP contribution in [0.1, 0.15) is 32.6 Å². The van der Waals surface area contributed by atoms with Crippen molar-refractivity contribution in [3.05, 3.63) is 0 Å². The molecule has 94 valence electrons. The molecule has 0 aromatic heterocycles. The van der Waals surface area contributed by atoms with Crippen molar-refractivity contribution in [3.63, 3.8) is 0 Å². The zero-order valence-electron chi connectivity index (χ0n) is 8.85. The van der Waals surface area contributed by atoms with Gasteiger partial charge in [0.15, 0.2) is 0 Å². The van der Waals surface area contributed by atoms with E-state index in [0.29, 0.717) is 0 Å². The summed E-state index contributed by atoms with van der Waals surface area (Å²) in [5, 5.41) is 8.71. The monoisotopic (exact) mass is 242 g/mol. The topological polar surface area (TPSA) is 37.3 Å². The third-order valence-corrected chi connectivity index (χ3v) is 3.43. The lowest BCUT2D eigenvalue weighted by Crippen LogP contribution is -2.45. The lowest BCUT2D eigenvalue weighted by molar-refractivity contribution is -0.242. The zero-order chi connectivity index (χ0) is 12.6. The highest BCUT2D eigenvalue weighted by molar-refractivity contribution is 5.69. The molecule has 0 aliphatic heterocycles. The van der Waals surface area contributed by atoms with Crippen LogP contribution in [0.4, 0.5) is 17.6 Å². The van der Waals surface area contributed by atoms with Crippen molar-refractivity contribution in [2.45, 2.75) is 44.5 Å². The lowest BCUT2D eigenvalue weighted by Gasteiger charge is -2.36. The van der Waals surface area contributed by atoms with E-state index in [1.807, 2.05) is 0 Å². The minimum atomic E-state index is -4.84. The first-order valence-corrected chi connectivity index (χ1v) is 5.16. The maximum absolute atomic E-state index is 13.4. The van der Waals surface area contributed by atoms with Gasteiger partial charge in [-0.05, 0) is 31.6 Å². The van der Waals surface area contributed by atoms with Crippen LogP contribution in [0, 0.1) is 11.8 Å². The summed E-state index contributed by atoms with van der Waals surface area (Å²) in [7, 11) is 0.